The number of nitrogens with zero attached hydrogens (tertiary/aromatic N) is 1. The molecule has 6 nitrogen and oxygen atoms in total. The van der Waals surface area contributed by atoms with Gasteiger partial charge in [-0.15, -0.1) is 12.4 Å². The first kappa shape index (κ1) is 17.1. The summed E-state index contributed by atoms with van der Waals surface area (Å²) in [6.07, 6.45) is 0. The van der Waals surface area contributed by atoms with E-state index in [1.165, 1.54) is 0 Å². The second-order valence-electron chi connectivity index (χ2n) is 4.45. The highest BCUT2D eigenvalue weighted by atomic mass is 35.5. The molecule has 114 valence electrons. The van der Waals surface area contributed by atoms with Gasteiger partial charge in [0.1, 0.15) is 6.54 Å². The summed E-state index contributed by atoms with van der Waals surface area (Å²) in [6.45, 7) is 3.69. The van der Waals surface area contributed by atoms with E-state index >= 15 is 0 Å². The SMILES string of the molecule is CCNCCNC(=O)CN1C(=O)c2ccccc2C1=O.Cl. The van der Waals surface area contributed by atoms with Gasteiger partial charge in [0.2, 0.25) is 5.91 Å². The number of likely N-dealkylation sites (N-methyl/N-ethyl adjacent to an activating group) is 1. The zero-order valence-electron chi connectivity index (χ0n) is 11.7. The zero-order valence-corrected chi connectivity index (χ0v) is 12.5. The number of hydrogen-bond donors (Lipinski definition) is 2. The van der Waals surface area contributed by atoms with Crippen molar-refractivity contribution in [3.05, 3.63) is 35.4 Å². The van der Waals surface area contributed by atoms with E-state index < -0.39 is 11.8 Å². The van der Waals surface area contributed by atoms with E-state index in [0.29, 0.717) is 24.2 Å². The van der Waals surface area contributed by atoms with Crippen LogP contribution in [0.1, 0.15) is 27.6 Å². The summed E-state index contributed by atoms with van der Waals surface area (Å²) in [4.78, 5) is 36.8. The lowest BCUT2D eigenvalue weighted by Gasteiger charge is -2.13. The molecule has 3 amide bonds. The number of carbonyl (C=O) groups is 3. The van der Waals surface area contributed by atoms with Crippen LogP contribution in [0.5, 0.6) is 0 Å². The number of hydrogen-bond acceptors (Lipinski definition) is 4. The third kappa shape index (κ3) is 3.80. The fraction of sp³-hybridized carbons (Fsp3) is 0.357. The first-order valence-corrected chi connectivity index (χ1v) is 6.57. The normalized spacial score (nSPS) is 12.9. The van der Waals surface area contributed by atoms with Crippen LogP contribution in [0.3, 0.4) is 0 Å². The molecule has 1 aromatic carbocycles. The van der Waals surface area contributed by atoms with Crippen molar-refractivity contribution < 1.29 is 14.4 Å². The smallest absolute Gasteiger partial charge is 0.262 e. The average Bonchev–Trinajstić information content (AvgIpc) is 2.69. The molecule has 0 spiro atoms. The van der Waals surface area contributed by atoms with Gasteiger partial charge in [0.15, 0.2) is 0 Å². The lowest BCUT2D eigenvalue weighted by molar-refractivity contribution is -0.121. The zero-order chi connectivity index (χ0) is 14.5. The summed E-state index contributed by atoms with van der Waals surface area (Å²) in [5.41, 5.74) is 0.718. The fourth-order valence-corrected chi connectivity index (χ4v) is 2.05. The lowest BCUT2D eigenvalue weighted by atomic mass is 10.1. The Kier molecular flexibility index (Phi) is 6.33. The van der Waals surface area contributed by atoms with Crippen LogP contribution in [0.25, 0.3) is 0 Å². The molecule has 2 rings (SSSR count). The molecule has 0 saturated carbocycles. The first-order valence-electron chi connectivity index (χ1n) is 6.57. The maximum atomic E-state index is 12.0. The molecule has 0 fully saturated rings. The molecule has 0 atom stereocenters. The summed E-state index contributed by atoms with van der Waals surface area (Å²) in [6, 6.07) is 6.59. The summed E-state index contributed by atoms with van der Waals surface area (Å²) < 4.78 is 0. The van der Waals surface area contributed by atoms with E-state index in [-0.39, 0.29) is 24.9 Å². The van der Waals surface area contributed by atoms with Crippen LogP contribution in [-0.4, -0.2) is 48.8 Å². The van der Waals surface area contributed by atoms with Crippen molar-refractivity contribution in [3.8, 4) is 0 Å². The Morgan fingerprint density at radius 3 is 2.19 bits per heavy atom. The summed E-state index contributed by atoms with van der Waals surface area (Å²) in [5, 5.41) is 5.73. The van der Waals surface area contributed by atoms with E-state index in [9.17, 15) is 14.4 Å². The Hall–Kier alpha value is -1.92. The van der Waals surface area contributed by atoms with Gasteiger partial charge >= 0.3 is 0 Å². The Balaban J connectivity index is 0.00000220. The molecule has 21 heavy (non-hydrogen) atoms. The van der Waals surface area contributed by atoms with Crippen LogP contribution in [0.4, 0.5) is 0 Å². The maximum absolute atomic E-state index is 12.0. The minimum Gasteiger partial charge on any atom is -0.353 e. The molecule has 0 bridgehead atoms. The number of fused-ring (bicyclic) bond motifs is 1. The van der Waals surface area contributed by atoms with Gasteiger partial charge < -0.3 is 10.6 Å². The molecule has 0 saturated heterocycles. The molecule has 2 N–H and O–H groups in total. The van der Waals surface area contributed by atoms with Gasteiger partial charge in [-0.1, -0.05) is 19.1 Å². The van der Waals surface area contributed by atoms with E-state index in [2.05, 4.69) is 10.6 Å². The second kappa shape index (κ2) is 7.75. The number of carbonyl (C=O) groups excluding carboxylic acids is 3. The Labute approximate surface area is 129 Å². The van der Waals surface area contributed by atoms with E-state index in [1.807, 2.05) is 6.92 Å². The van der Waals surface area contributed by atoms with Crippen LogP contribution in [0.2, 0.25) is 0 Å². The molecular weight excluding hydrogens is 294 g/mol. The molecule has 0 aromatic heterocycles. The van der Waals surface area contributed by atoms with Gasteiger partial charge in [-0.2, -0.15) is 0 Å². The maximum Gasteiger partial charge on any atom is 0.262 e. The predicted molar refractivity (Wildman–Crippen MR) is 80.6 cm³/mol. The van der Waals surface area contributed by atoms with Crippen LogP contribution in [-0.2, 0) is 4.79 Å². The summed E-state index contributed by atoms with van der Waals surface area (Å²) in [7, 11) is 0. The van der Waals surface area contributed by atoms with Crippen molar-refractivity contribution in [2.45, 2.75) is 6.92 Å². The minimum absolute atomic E-state index is 0. The molecule has 1 heterocycles. The number of rotatable bonds is 6. The molecule has 0 unspecified atom stereocenters. The van der Waals surface area contributed by atoms with Gasteiger partial charge in [-0.25, -0.2) is 0 Å². The van der Waals surface area contributed by atoms with Gasteiger partial charge in [-0.3, -0.25) is 19.3 Å². The molecule has 0 radical (unpaired) electrons. The Morgan fingerprint density at radius 1 is 1.10 bits per heavy atom. The van der Waals surface area contributed by atoms with Crippen LogP contribution in [0.15, 0.2) is 24.3 Å². The molecule has 1 aromatic rings. The number of imide groups is 1. The summed E-state index contributed by atoms with van der Waals surface area (Å²) in [5.74, 6) is -1.16. The van der Waals surface area contributed by atoms with Crippen LogP contribution < -0.4 is 10.6 Å². The Morgan fingerprint density at radius 2 is 1.67 bits per heavy atom. The standard InChI is InChI=1S/C14H17N3O3.ClH/c1-2-15-7-8-16-12(18)9-17-13(19)10-5-3-4-6-11(10)14(17)20;/h3-6,15H,2,7-9H2,1H3,(H,16,18);1H. The quantitative estimate of drug-likeness (QED) is 0.590. The average molecular weight is 312 g/mol. The monoisotopic (exact) mass is 311 g/mol. The number of amides is 3. The van der Waals surface area contributed by atoms with E-state index in [0.717, 1.165) is 11.4 Å². The molecule has 1 aliphatic rings. The number of halogens is 1. The number of benzene rings is 1. The lowest BCUT2D eigenvalue weighted by Crippen LogP contribution is -2.42. The highest BCUT2D eigenvalue weighted by Gasteiger charge is 2.35. The predicted octanol–water partition coefficient (Wildman–Crippen LogP) is 0.430. The van der Waals surface area contributed by atoms with Crippen molar-refractivity contribution in [3.63, 3.8) is 0 Å². The van der Waals surface area contributed by atoms with E-state index in [1.54, 1.807) is 24.3 Å². The topological polar surface area (TPSA) is 78.5 Å². The van der Waals surface area contributed by atoms with Crippen LogP contribution in [0, 0.1) is 0 Å². The first-order chi connectivity index (χ1) is 9.65. The highest BCUT2D eigenvalue weighted by Crippen LogP contribution is 2.21. The van der Waals surface area contributed by atoms with Crippen molar-refractivity contribution in [1.29, 1.82) is 0 Å². The van der Waals surface area contributed by atoms with Crippen molar-refractivity contribution >= 4 is 30.1 Å². The molecule has 1 aliphatic heterocycles. The van der Waals surface area contributed by atoms with Gasteiger partial charge in [0.25, 0.3) is 11.8 Å². The third-order valence-corrected chi connectivity index (χ3v) is 3.05. The number of nitrogens with one attached hydrogen (secondary N) is 2. The largest absolute Gasteiger partial charge is 0.353 e. The van der Waals surface area contributed by atoms with E-state index in [4.69, 9.17) is 0 Å². The van der Waals surface area contributed by atoms with Crippen LogP contribution >= 0.6 is 12.4 Å². The Bertz CT molecular complexity index is 513. The molecular formula is C14H18ClN3O3. The highest BCUT2D eigenvalue weighted by molar-refractivity contribution is 6.22. The van der Waals surface area contributed by atoms with Gasteiger partial charge in [-0.05, 0) is 18.7 Å². The molecule has 7 heteroatoms. The fourth-order valence-electron chi connectivity index (χ4n) is 2.05. The second-order valence-corrected chi connectivity index (χ2v) is 4.45. The third-order valence-electron chi connectivity index (χ3n) is 3.05. The summed E-state index contributed by atoms with van der Waals surface area (Å²) >= 11 is 0. The van der Waals surface area contributed by atoms with Gasteiger partial charge in [0.05, 0.1) is 11.1 Å². The van der Waals surface area contributed by atoms with Gasteiger partial charge in [0, 0.05) is 13.1 Å². The van der Waals surface area contributed by atoms with Crippen molar-refractivity contribution in [2.24, 2.45) is 0 Å². The van der Waals surface area contributed by atoms with Crippen molar-refractivity contribution in [2.75, 3.05) is 26.2 Å². The van der Waals surface area contributed by atoms with Crippen molar-refractivity contribution in [1.82, 2.24) is 15.5 Å². The minimum atomic E-state index is -0.410. The molecule has 0 aliphatic carbocycles.